The number of rotatable bonds is 13. The van der Waals surface area contributed by atoms with Crippen LogP contribution < -0.4 is 4.74 Å². The number of phenols is 1. The van der Waals surface area contributed by atoms with Crippen molar-refractivity contribution in [2.45, 2.75) is 13.3 Å². The fourth-order valence-corrected chi connectivity index (χ4v) is 6.41. The lowest BCUT2D eigenvalue weighted by atomic mass is 10.2. The van der Waals surface area contributed by atoms with Crippen LogP contribution in [0.5, 0.6) is 11.5 Å². The third-order valence-electron chi connectivity index (χ3n) is 3.82. The molecule has 0 fully saturated rings. The van der Waals surface area contributed by atoms with E-state index in [1.54, 1.807) is 13.2 Å². The summed E-state index contributed by atoms with van der Waals surface area (Å²) in [6.07, 6.45) is 2.48. The van der Waals surface area contributed by atoms with Crippen LogP contribution in [0.15, 0.2) is 24.3 Å². The number of halogens is 5. The van der Waals surface area contributed by atoms with Crippen LogP contribution in [0, 0.1) is 14.3 Å². The molecular formula is C24H29BrI4O7. The second kappa shape index (κ2) is 23.5. The van der Waals surface area contributed by atoms with E-state index < -0.39 is 0 Å². The van der Waals surface area contributed by atoms with E-state index in [1.165, 1.54) is 0 Å². The zero-order chi connectivity index (χ0) is 27.3. The number of aromatic hydroxyl groups is 1. The molecule has 0 bridgehead atoms. The van der Waals surface area contributed by atoms with Crippen molar-refractivity contribution >= 4 is 119 Å². The Kier molecular flexibility index (Phi) is 24.0. The number of aldehydes is 2. The van der Waals surface area contributed by atoms with Crippen molar-refractivity contribution in [2.24, 2.45) is 0 Å². The number of hydrogen-bond donors (Lipinski definition) is 1. The van der Waals surface area contributed by atoms with Gasteiger partial charge in [-0.1, -0.05) is 22.9 Å². The van der Waals surface area contributed by atoms with Crippen molar-refractivity contribution in [3.8, 4) is 11.5 Å². The third kappa shape index (κ3) is 16.6. The van der Waals surface area contributed by atoms with E-state index in [0.717, 1.165) is 42.0 Å². The molecule has 0 aliphatic carbocycles. The lowest BCUT2D eigenvalue weighted by molar-refractivity contribution is 0.0793. The van der Waals surface area contributed by atoms with Crippen LogP contribution in [-0.4, -0.2) is 69.8 Å². The van der Waals surface area contributed by atoms with Crippen molar-refractivity contribution < 1.29 is 33.6 Å². The molecule has 0 aliphatic heterocycles. The van der Waals surface area contributed by atoms with Gasteiger partial charge in [-0.15, -0.1) is 0 Å². The van der Waals surface area contributed by atoms with Crippen molar-refractivity contribution in [1.29, 1.82) is 0 Å². The zero-order valence-corrected chi connectivity index (χ0v) is 30.1. The number of alkyl halides is 1. The normalized spacial score (nSPS) is 9.97. The molecule has 2 aromatic carbocycles. The molecule has 202 valence electrons. The fraction of sp³-hybridized carbons (Fsp3) is 0.417. The maximum absolute atomic E-state index is 10.9. The second-order valence-electron chi connectivity index (χ2n) is 6.62. The number of carbonyl (C=O) groups is 2. The second-order valence-corrected chi connectivity index (χ2v) is 12.2. The summed E-state index contributed by atoms with van der Waals surface area (Å²) in [6.45, 7) is 5.98. The highest BCUT2D eigenvalue weighted by Crippen LogP contribution is 2.27. The third-order valence-corrected chi connectivity index (χ3v) is 7.02. The maximum Gasteiger partial charge on any atom is 0.153 e. The van der Waals surface area contributed by atoms with Crippen LogP contribution >= 0.6 is 106 Å². The lowest BCUT2D eigenvalue weighted by Crippen LogP contribution is -2.09. The van der Waals surface area contributed by atoms with Gasteiger partial charge in [0.25, 0.3) is 0 Å². The molecule has 36 heavy (non-hydrogen) atoms. The summed E-state index contributed by atoms with van der Waals surface area (Å²) in [4.78, 5) is 21.3. The zero-order valence-electron chi connectivity index (χ0n) is 19.9. The van der Waals surface area contributed by atoms with E-state index >= 15 is 0 Å². The molecule has 0 saturated heterocycles. The molecule has 0 radical (unpaired) electrons. The first-order chi connectivity index (χ1) is 17.2. The van der Waals surface area contributed by atoms with E-state index in [1.807, 2.05) is 40.8 Å². The Morgan fingerprint density at radius 1 is 0.806 bits per heavy atom. The first-order valence-corrected chi connectivity index (χ1v) is 16.1. The highest BCUT2D eigenvalue weighted by molar-refractivity contribution is 14.1. The predicted octanol–water partition coefficient (Wildman–Crippen LogP) is 6.97. The van der Waals surface area contributed by atoms with E-state index in [9.17, 15) is 14.7 Å². The number of hydrogen-bond acceptors (Lipinski definition) is 7. The Hall–Kier alpha value is 0.660. The first kappa shape index (κ1) is 36.7. The Morgan fingerprint density at radius 3 is 1.92 bits per heavy atom. The van der Waals surface area contributed by atoms with E-state index in [-0.39, 0.29) is 5.75 Å². The minimum absolute atomic E-state index is 0.0704. The van der Waals surface area contributed by atoms with Gasteiger partial charge in [-0.2, -0.15) is 0 Å². The maximum atomic E-state index is 10.9. The average molecular weight is 1020 g/mol. The first-order valence-electron chi connectivity index (χ1n) is 10.7. The molecule has 0 atom stereocenters. The van der Waals surface area contributed by atoms with Gasteiger partial charge in [-0.3, -0.25) is 9.59 Å². The molecule has 0 saturated carbocycles. The number of benzene rings is 2. The summed E-state index contributed by atoms with van der Waals surface area (Å²) < 4.78 is 24.4. The molecule has 0 aliphatic rings. The van der Waals surface area contributed by atoms with Gasteiger partial charge >= 0.3 is 0 Å². The average Bonchev–Trinajstić information content (AvgIpc) is 2.85. The summed E-state index contributed by atoms with van der Waals surface area (Å²) in [5, 5.41) is 10.2. The smallest absolute Gasteiger partial charge is 0.153 e. The molecule has 0 amide bonds. The van der Waals surface area contributed by atoms with Crippen molar-refractivity contribution in [3.63, 3.8) is 0 Å². The molecule has 0 heterocycles. The molecule has 12 heteroatoms. The number of phenolic OH excluding ortho intramolecular Hbond substituents is 1. The summed E-state index contributed by atoms with van der Waals surface area (Å²) in [6, 6.07) is 7.25. The molecule has 0 spiro atoms. The lowest BCUT2D eigenvalue weighted by Gasteiger charge is -2.11. The monoisotopic (exact) mass is 1020 g/mol. The summed E-state index contributed by atoms with van der Waals surface area (Å²) in [5.74, 6) is 0.724. The van der Waals surface area contributed by atoms with Crippen molar-refractivity contribution in [1.82, 2.24) is 0 Å². The minimum Gasteiger partial charge on any atom is -0.506 e. The van der Waals surface area contributed by atoms with Gasteiger partial charge in [0.2, 0.25) is 0 Å². The largest absolute Gasteiger partial charge is 0.506 e. The van der Waals surface area contributed by atoms with Crippen LogP contribution in [0.25, 0.3) is 0 Å². The Balaban J connectivity index is 0.000000555. The van der Waals surface area contributed by atoms with Gasteiger partial charge in [0.1, 0.15) is 18.1 Å². The number of carbonyl (C=O) groups excluding carboxylic acids is 2. The van der Waals surface area contributed by atoms with Gasteiger partial charge in [-0.05, 0) is 121 Å². The van der Waals surface area contributed by atoms with E-state index in [2.05, 4.69) is 90.6 Å². The fourth-order valence-electron chi connectivity index (χ4n) is 2.24. The van der Waals surface area contributed by atoms with Crippen LogP contribution in [0.2, 0.25) is 0 Å². The van der Waals surface area contributed by atoms with Crippen molar-refractivity contribution in [3.05, 3.63) is 49.7 Å². The standard InChI is InChI=1S/C12H14I2O3.C7H4I2O2.C5H11BrO2/c1-2-3-16-4-5-17-12-9(8-15)6-10(13)7-11(12)14;8-5-1-4(3-10)7(11)6(9)2-5;1-7-4-5-8-3-2-6/h6-8H,2-5H2,1H3;1-3,11H;2-5H2,1H3. The van der Waals surface area contributed by atoms with Crippen LogP contribution in [0.3, 0.4) is 0 Å². The Bertz CT molecular complexity index is 911. The molecule has 0 aromatic heterocycles. The van der Waals surface area contributed by atoms with Gasteiger partial charge in [0, 0.05) is 26.2 Å². The molecule has 2 rings (SSSR count). The topological polar surface area (TPSA) is 91.3 Å². The minimum atomic E-state index is 0.0704. The van der Waals surface area contributed by atoms with Gasteiger partial charge in [0.15, 0.2) is 12.6 Å². The Morgan fingerprint density at radius 2 is 1.36 bits per heavy atom. The molecule has 7 nitrogen and oxygen atoms in total. The van der Waals surface area contributed by atoms with Crippen LogP contribution in [0.1, 0.15) is 34.1 Å². The van der Waals surface area contributed by atoms with Gasteiger partial charge in [0.05, 0.1) is 44.7 Å². The highest BCUT2D eigenvalue weighted by Gasteiger charge is 2.09. The summed E-state index contributed by atoms with van der Waals surface area (Å²) in [7, 11) is 1.66. The van der Waals surface area contributed by atoms with Crippen LogP contribution in [0.4, 0.5) is 0 Å². The number of methoxy groups -OCH3 is 1. The van der Waals surface area contributed by atoms with E-state index in [0.29, 0.717) is 53.2 Å². The molecular weight excluding hydrogens is 988 g/mol. The highest BCUT2D eigenvalue weighted by atomic mass is 127. The van der Waals surface area contributed by atoms with Gasteiger partial charge in [-0.25, -0.2) is 0 Å². The van der Waals surface area contributed by atoms with E-state index in [4.69, 9.17) is 18.9 Å². The number of ether oxygens (including phenoxy) is 4. The predicted molar refractivity (Wildman–Crippen MR) is 179 cm³/mol. The summed E-state index contributed by atoms with van der Waals surface area (Å²) >= 11 is 11.7. The molecule has 1 N–H and O–H groups in total. The van der Waals surface area contributed by atoms with Gasteiger partial charge < -0.3 is 24.1 Å². The molecule has 0 unspecified atom stereocenters. The van der Waals surface area contributed by atoms with Crippen molar-refractivity contribution in [2.75, 3.05) is 52.1 Å². The molecule has 2 aromatic rings. The summed E-state index contributed by atoms with van der Waals surface area (Å²) in [5.41, 5.74) is 0.943. The van der Waals surface area contributed by atoms with Crippen LogP contribution in [-0.2, 0) is 14.2 Å². The quantitative estimate of drug-likeness (QED) is 0.100. The SMILES string of the molecule is CCCOCCOc1c(I)cc(I)cc1C=O.COCCOCCBr.O=Cc1cc(I)cc(I)c1O. The Labute approximate surface area is 275 Å².